The van der Waals surface area contributed by atoms with Crippen LogP contribution in [-0.4, -0.2) is 19.0 Å². The predicted octanol–water partition coefficient (Wildman–Crippen LogP) is 3.57. The Morgan fingerprint density at radius 3 is 2.68 bits per heavy atom. The molecular weight excluding hydrogens is 335 g/mol. The average molecular weight is 350 g/mol. The van der Waals surface area contributed by atoms with Gasteiger partial charge in [-0.3, -0.25) is 4.79 Å². The van der Waals surface area contributed by atoms with Crippen LogP contribution in [0.2, 0.25) is 5.02 Å². The van der Waals surface area contributed by atoms with Crippen molar-refractivity contribution in [2.75, 3.05) is 18.4 Å². The maximum absolute atomic E-state index is 13.1. The molecular formula is C13H15BrClFN2O. The normalized spacial score (nSPS) is 18.1. The molecule has 0 spiro atoms. The minimum absolute atomic E-state index is 0.0804. The van der Waals surface area contributed by atoms with E-state index in [9.17, 15) is 9.18 Å². The third kappa shape index (κ3) is 3.27. The largest absolute Gasteiger partial charge is 0.323 e. The Morgan fingerprint density at radius 2 is 2.11 bits per heavy atom. The van der Waals surface area contributed by atoms with Gasteiger partial charge in [0, 0.05) is 9.89 Å². The molecule has 1 amide bonds. The Kier molecular flexibility index (Phi) is 4.48. The van der Waals surface area contributed by atoms with Crippen LogP contribution in [0, 0.1) is 11.2 Å². The smallest absolute Gasteiger partial charge is 0.230 e. The van der Waals surface area contributed by atoms with Gasteiger partial charge in [-0.1, -0.05) is 18.5 Å². The zero-order valence-electron chi connectivity index (χ0n) is 10.5. The summed E-state index contributed by atoms with van der Waals surface area (Å²) in [5, 5.41) is 6.22. The Balaban J connectivity index is 2.19. The number of halogens is 3. The molecule has 0 radical (unpaired) electrons. The quantitative estimate of drug-likeness (QED) is 0.857. The fourth-order valence-corrected chi connectivity index (χ4v) is 3.03. The van der Waals surface area contributed by atoms with Gasteiger partial charge >= 0.3 is 0 Å². The summed E-state index contributed by atoms with van der Waals surface area (Å²) < 4.78 is 13.6. The molecule has 6 heteroatoms. The first-order chi connectivity index (χ1) is 8.92. The van der Waals surface area contributed by atoms with E-state index < -0.39 is 11.2 Å². The summed E-state index contributed by atoms with van der Waals surface area (Å²) in [6.45, 7) is 3.58. The summed E-state index contributed by atoms with van der Waals surface area (Å²) in [7, 11) is 0. The molecule has 19 heavy (non-hydrogen) atoms. The molecule has 2 N–H and O–H groups in total. The topological polar surface area (TPSA) is 41.1 Å². The third-order valence-electron chi connectivity index (χ3n) is 3.50. The minimum atomic E-state index is -0.442. The van der Waals surface area contributed by atoms with Crippen LogP contribution in [0.15, 0.2) is 16.6 Å². The van der Waals surface area contributed by atoms with Crippen LogP contribution in [0.4, 0.5) is 10.1 Å². The van der Waals surface area contributed by atoms with E-state index in [4.69, 9.17) is 11.6 Å². The van der Waals surface area contributed by atoms with E-state index in [1.54, 1.807) is 0 Å². The third-order valence-corrected chi connectivity index (χ3v) is 4.42. The molecule has 3 nitrogen and oxygen atoms in total. The summed E-state index contributed by atoms with van der Waals surface area (Å²) in [5.74, 6) is -0.522. The van der Waals surface area contributed by atoms with E-state index in [1.165, 1.54) is 12.1 Å². The summed E-state index contributed by atoms with van der Waals surface area (Å²) in [6.07, 6.45) is 1.55. The van der Waals surface area contributed by atoms with Gasteiger partial charge in [0.1, 0.15) is 5.82 Å². The number of carbonyl (C=O) groups excluding carboxylic acids is 1. The molecule has 0 aromatic heterocycles. The van der Waals surface area contributed by atoms with Crippen LogP contribution in [0.25, 0.3) is 0 Å². The molecule has 104 valence electrons. The van der Waals surface area contributed by atoms with Crippen LogP contribution in [0.3, 0.4) is 0 Å². The summed E-state index contributed by atoms with van der Waals surface area (Å²) in [4.78, 5) is 12.4. The standard InChI is InChI=1S/C13H15BrClFN2O/c1-13(2-4-17-5-3-13)12(19)18-11-9(14)6-8(16)7-10(11)15/h6-7,17H,2-5H2,1H3,(H,18,19). The van der Waals surface area contributed by atoms with E-state index in [0.29, 0.717) is 10.2 Å². The van der Waals surface area contributed by atoms with Crippen molar-refractivity contribution in [3.63, 3.8) is 0 Å². The first-order valence-corrected chi connectivity index (χ1v) is 7.26. The van der Waals surface area contributed by atoms with Gasteiger partial charge in [-0.25, -0.2) is 4.39 Å². The maximum Gasteiger partial charge on any atom is 0.230 e. The molecule has 1 aliphatic heterocycles. The first-order valence-electron chi connectivity index (χ1n) is 6.09. The molecule has 1 fully saturated rings. The fourth-order valence-electron chi connectivity index (χ4n) is 2.13. The van der Waals surface area contributed by atoms with Gasteiger partial charge in [0.25, 0.3) is 0 Å². The van der Waals surface area contributed by atoms with Gasteiger partial charge in [-0.2, -0.15) is 0 Å². The van der Waals surface area contributed by atoms with Gasteiger partial charge in [0.15, 0.2) is 0 Å². The Labute approximate surface area is 125 Å². The number of rotatable bonds is 2. The van der Waals surface area contributed by atoms with Crippen LogP contribution >= 0.6 is 27.5 Å². The van der Waals surface area contributed by atoms with Gasteiger partial charge in [-0.15, -0.1) is 0 Å². The number of amides is 1. The van der Waals surface area contributed by atoms with Crippen LogP contribution < -0.4 is 10.6 Å². The van der Waals surface area contributed by atoms with Crippen molar-refractivity contribution in [2.45, 2.75) is 19.8 Å². The van der Waals surface area contributed by atoms with Crippen molar-refractivity contribution < 1.29 is 9.18 Å². The van der Waals surface area contributed by atoms with Gasteiger partial charge in [-0.05, 0) is 54.0 Å². The second kappa shape index (κ2) is 5.77. The monoisotopic (exact) mass is 348 g/mol. The van der Waals surface area contributed by atoms with Crippen LogP contribution in [0.1, 0.15) is 19.8 Å². The first kappa shape index (κ1) is 14.8. The number of carbonyl (C=O) groups is 1. The molecule has 0 bridgehead atoms. The fraction of sp³-hybridized carbons (Fsp3) is 0.462. The van der Waals surface area contributed by atoms with Crippen molar-refractivity contribution >= 4 is 39.1 Å². The Hall–Kier alpha value is -0.650. The second-order valence-electron chi connectivity index (χ2n) is 5.01. The molecule has 2 rings (SSSR count). The molecule has 0 saturated carbocycles. The SMILES string of the molecule is CC1(C(=O)Nc2c(Cl)cc(F)cc2Br)CCNCC1. The highest BCUT2D eigenvalue weighted by molar-refractivity contribution is 9.10. The predicted molar refractivity (Wildman–Crippen MR) is 78.0 cm³/mol. The highest BCUT2D eigenvalue weighted by Crippen LogP contribution is 2.35. The van der Waals surface area contributed by atoms with Crippen molar-refractivity contribution in [2.24, 2.45) is 5.41 Å². The molecule has 1 aromatic carbocycles. The van der Waals surface area contributed by atoms with Crippen molar-refractivity contribution in [1.82, 2.24) is 5.32 Å². The van der Waals surface area contributed by atoms with Crippen molar-refractivity contribution in [3.8, 4) is 0 Å². The van der Waals surface area contributed by atoms with Crippen LogP contribution in [-0.2, 0) is 4.79 Å². The lowest BCUT2D eigenvalue weighted by atomic mass is 9.80. The van der Waals surface area contributed by atoms with E-state index in [-0.39, 0.29) is 10.9 Å². The minimum Gasteiger partial charge on any atom is -0.323 e. The van der Waals surface area contributed by atoms with Crippen molar-refractivity contribution in [3.05, 3.63) is 27.4 Å². The lowest BCUT2D eigenvalue weighted by Crippen LogP contribution is -2.42. The zero-order valence-corrected chi connectivity index (χ0v) is 12.9. The molecule has 1 aliphatic rings. The molecule has 1 saturated heterocycles. The average Bonchev–Trinajstić information content (AvgIpc) is 2.34. The van der Waals surface area contributed by atoms with Crippen molar-refractivity contribution in [1.29, 1.82) is 0 Å². The summed E-state index contributed by atoms with van der Waals surface area (Å²) in [6, 6.07) is 2.47. The Morgan fingerprint density at radius 1 is 1.47 bits per heavy atom. The lowest BCUT2D eigenvalue weighted by molar-refractivity contribution is -0.126. The Bertz CT molecular complexity index is 480. The van der Waals surface area contributed by atoms with E-state index in [0.717, 1.165) is 25.9 Å². The number of hydrogen-bond acceptors (Lipinski definition) is 2. The lowest BCUT2D eigenvalue weighted by Gasteiger charge is -2.32. The van der Waals surface area contributed by atoms with Gasteiger partial charge in [0.2, 0.25) is 5.91 Å². The molecule has 1 heterocycles. The van der Waals surface area contributed by atoms with Gasteiger partial charge < -0.3 is 10.6 Å². The highest BCUT2D eigenvalue weighted by atomic mass is 79.9. The summed E-state index contributed by atoms with van der Waals surface area (Å²) in [5.41, 5.74) is 0.00963. The zero-order chi connectivity index (χ0) is 14.0. The van der Waals surface area contributed by atoms with Gasteiger partial charge in [0.05, 0.1) is 10.7 Å². The second-order valence-corrected chi connectivity index (χ2v) is 6.27. The number of piperidine rings is 1. The van der Waals surface area contributed by atoms with Crippen LogP contribution in [0.5, 0.6) is 0 Å². The molecule has 0 unspecified atom stereocenters. The molecule has 0 atom stereocenters. The highest BCUT2D eigenvalue weighted by Gasteiger charge is 2.35. The number of nitrogens with one attached hydrogen (secondary N) is 2. The van der Waals surface area contributed by atoms with E-state index >= 15 is 0 Å². The summed E-state index contributed by atoms with van der Waals surface area (Å²) >= 11 is 9.18. The van der Waals surface area contributed by atoms with E-state index in [2.05, 4.69) is 26.6 Å². The molecule has 0 aliphatic carbocycles. The number of anilines is 1. The number of hydrogen-bond donors (Lipinski definition) is 2. The number of benzene rings is 1. The molecule has 1 aromatic rings. The maximum atomic E-state index is 13.1. The van der Waals surface area contributed by atoms with E-state index in [1.807, 2.05) is 6.92 Å².